The van der Waals surface area contributed by atoms with E-state index < -0.39 is 0 Å². The summed E-state index contributed by atoms with van der Waals surface area (Å²) >= 11 is 0. The first-order valence-electron chi connectivity index (χ1n) is 9.85. The van der Waals surface area contributed by atoms with Crippen LogP contribution in [0.2, 0.25) is 0 Å². The SMILES string of the molecule is C=CNc1[nH]ccc1C(=N)N1CCC(CN)(c2cccc(-c3cn[nH]c3)c2)CC1. The highest BCUT2D eigenvalue weighted by atomic mass is 15.2. The second-order valence-corrected chi connectivity index (χ2v) is 7.50. The van der Waals surface area contributed by atoms with E-state index in [1.54, 1.807) is 6.20 Å². The van der Waals surface area contributed by atoms with Gasteiger partial charge in [-0.05, 0) is 36.2 Å². The average Bonchev–Trinajstić information content (AvgIpc) is 3.46. The van der Waals surface area contributed by atoms with Gasteiger partial charge in [-0.25, -0.2) is 0 Å². The van der Waals surface area contributed by atoms with E-state index in [0.717, 1.165) is 48.4 Å². The number of nitrogens with two attached hydrogens (primary N) is 1. The summed E-state index contributed by atoms with van der Waals surface area (Å²) in [5.41, 5.74) is 10.6. The molecule has 0 unspecified atom stereocenters. The number of hydrogen-bond acceptors (Lipinski definition) is 4. The van der Waals surface area contributed by atoms with Crippen LogP contribution in [0.5, 0.6) is 0 Å². The van der Waals surface area contributed by atoms with E-state index in [0.29, 0.717) is 12.4 Å². The lowest BCUT2D eigenvalue weighted by molar-refractivity contribution is 0.230. The highest BCUT2D eigenvalue weighted by molar-refractivity contribution is 6.01. The van der Waals surface area contributed by atoms with Crippen molar-refractivity contribution in [3.8, 4) is 11.1 Å². The van der Waals surface area contributed by atoms with Gasteiger partial charge in [-0.3, -0.25) is 10.5 Å². The summed E-state index contributed by atoms with van der Waals surface area (Å²) in [5, 5.41) is 18.7. The number of nitrogens with one attached hydrogen (secondary N) is 4. The molecule has 29 heavy (non-hydrogen) atoms. The zero-order chi connectivity index (χ0) is 20.3. The molecule has 7 heteroatoms. The zero-order valence-corrected chi connectivity index (χ0v) is 16.4. The maximum Gasteiger partial charge on any atom is 0.131 e. The number of aromatic nitrogens is 3. The molecule has 0 saturated carbocycles. The number of likely N-dealkylation sites (tertiary alicyclic amines) is 1. The number of nitrogens with zero attached hydrogens (tertiary/aromatic N) is 2. The van der Waals surface area contributed by atoms with Crippen LogP contribution in [0.1, 0.15) is 24.0 Å². The highest BCUT2D eigenvalue weighted by Crippen LogP contribution is 2.37. The van der Waals surface area contributed by atoms with Gasteiger partial charge in [0.15, 0.2) is 0 Å². The van der Waals surface area contributed by atoms with E-state index in [1.165, 1.54) is 5.56 Å². The summed E-state index contributed by atoms with van der Waals surface area (Å²) in [5.74, 6) is 1.32. The normalized spacial score (nSPS) is 15.8. The van der Waals surface area contributed by atoms with Gasteiger partial charge >= 0.3 is 0 Å². The largest absolute Gasteiger partial charge is 0.356 e. The Labute approximate surface area is 170 Å². The van der Waals surface area contributed by atoms with Crippen LogP contribution in [0, 0.1) is 5.41 Å². The molecule has 0 atom stereocenters. The first kappa shape index (κ1) is 19.0. The van der Waals surface area contributed by atoms with Crippen LogP contribution in [0.3, 0.4) is 0 Å². The molecular formula is C22H27N7. The monoisotopic (exact) mass is 389 g/mol. The standard InChI is InChI=1S/C22H27N7/c1-2-25-21-19(6-9-26-21)20(24)29-10-7-22(15-23,8-11-29)18-5-3-4-16(12-18)17-13-27-28-14-17/h2-6,9,12-14,24-26H,1,7-8,10-11,15,23H2,(H,27,28). The Hall–Kier alpha value is -3.32. The van der Waals surface area contributed by atoms with Gasteiger partial charge < -0.3 is 20.9 Å². The lowest BCUT2D eigenvalue weighted by atomic mass is 9.72. The Balaban J connectivity index is 1.52. The summed E-state index contributed by atoms with van der Waals surface area (Å²) < 4.78 is 0. The van der Waals surface area contributed by atoms with Gasteiger partial charge in [-0.1, -0.05) is 30.8 Å². The van der Waals surface area contributed by atoms with Crippen LogP contribution in [0.4, 0.5) is 5.82 Å². The Morgan fingerprint density at radius 1 is 1.31 bits per heavy atom. The third-order valence-corrected chi connectivity index (χ3v) is 5.98. The first-order valence-corrected chi connectivity index (χ1v) is 9.85. The molecule has 1 aliphatic rings. The van der Waals surface area contributed by atoms with E-state index in [2.05, 4.69) is 56.2 Å². The molecule has 0 radical (unpaired) electrons. The molecule has 1 fully saturated rings. The summed E-state index contributed by atoms with van der Waals surface area (Å²) in [4.78, 5) is 5.25. The van der Waals surface area contributed by atoms with Gasteiger partial charge in [0.25, 0.3) is 0 Å². The predicted octanol–water partition coefficient (Wildman–Crippen LogP) is 3.28. The molecule has 0 aliphatic carbocycles. The molecule has 3 aromatic rings. The Morgan fingerprint density at radius 3 is 2.83 bits per heavy atom. The van der Waals surface area contributed by atoms with Crippen molar-refractivity contribution >= 4 is 11.7 Å². The van der Waals surface area contributed by atoms with Crippen LogP contribution < -0.4 is 11.1 Å². The van der Waals surface area contributed by atoms with Crippen molar-refractivity contribution in [2.75, 3.05) is 25.0 Å². The van der Waals surface area contributed by atoms with E-state index in [4.69, 9.17) is 11.1 Å². The number of hydrogen-bond donors (Lipinski definition) is 5. The topological polar surface area (TPSA) is 110 Å². The van der Waals surface area contributed by atoms with Crippen molar-refractivity contribution in [3.63, 3.8) is 0 Å². The third kappa shape index (κ3) is 3.56. The Kier molecular flexibility index (Phi) is 5.22. The van der Waals surface area contributed by atoms with Crippen molar-refractivity contribution in [2.24, 2.45) is 5.73 Å². The summed E-state index contributed by atoms with van der Waals surface area (Å²) in [6, 6.07) is 10.5. The van der Waals surface area contributed by atoms with Crippen molar-refractivity contribution in [1.29, 1.82) is 5.41 Å². The molecule has 1 saturated heterocycles. The lowest BCUT2D eigenvalue weighted by Gasteiger charge is -2.42. The van der Waals surface area contributed by atoms with Crippen molar-refractivity contribution in [1.82, 2.24) is 20.1 Å². The van der Waals surface area contributed by atoms with E-state index in [-0.39, 0.29) is 5.41 Å². The summed E-state index contributed by atoms with van der Waals surface area (Å²) in [6.45, 7) is 5.89. The molecule has 4 rings (SSSR count). The molecule has 2 aromatic heterocycles. The molecule has 3 heterocycles. The van der Waals surface area contributed by atoms with Gasteiger partial charge in [-0.2, -0.15) is 5.10 Å². The lowest BCUT2D eigenvalue weighted by Crippen LogP contribution is -2.48. The minimum absolute atomic E-state index is 0.0726. The summed E-state index contributed by atoms with van der Waals surface area (Å²) in [7, 11) is 0. The van der Waals surface area contributed by atoms with Gasteiger partial charge in [-0.15, -0.1) is 0 Å². The fourth-order valence-corrected chi connectivity index (χ4v) is 4.16. The molecule has 6 N–H and O–H groups in total. The first-order chi connectivity index (χ1) is 14.2. The minimum Gasteiger partial charge on any atom is -0.356 e. The molecule has 0 spiro atoms. The maximum absolute atomic E-state index is 8.67. The van der Waals surface area contributed by atoms with Crippen LogP contribution in [0.15, 0.2) is 61.7 Å². The van der Waals surface area contributed by atoms with Crippen LogP contribution in [0.25, 0.3) is 11.1 Å². The zero-order valence-electron chi connectivity index (χ0n) is 16.4. The number of piperidine rings is 1. The van der Waals surface area contributed by atoms with Gasteiger partial charge in [0.2, 0.25) is 0 Å². The molecule has 0 amide bonds. The molecule has 150 valence electrons. The Bertz CT molecular complexity index is 978. The van der Waals surface area contributed by atoms with Gasteiger partial charge in [0.1, 0.15) is 11.7 Å². The van der Waals surface area contributed by atoms with E-state index in [1.807, 2.05) is 24.7 Å². The highest BCUT2D eigenvalue weighted by Gasteiger charge is 2.36. The fraction of sp³-hybridized carbons (Fsp3) is 0.273. The maximum atomic E-state index is 8.67. The van der Waals surface area contributed by atoms with Crippen LogP contribution in [-0.4, -0.2) is 45.6 Å². The van der Waals surface area contributed by atoms with Crippen LogP contribution >= 0.6 is 0 Å². The Morgan fingerprint density at radius 2 is 2.14 bits per heavy atom. The van der Waals surface area contributed by atoms with E-state index >= 15 is 0 Å². The van der Waals surface area contributed by atoms with E-state index in [9.17, 15) is 0 Å². The second-order valence-electron chi connectivity index (χ2n) is 7.50. The average molecular weight is 390 g/mol. The van der Waals surface area contributed by atoms with Gasteiger partial charge in [0, 0.05) is 43.0 Å². The summed E-state index contributed by atoms with van der Waals surface area (Å²) in [6.07, 6.45) is 9.02. The molecular weight excluding hydrogens is 362 g/mol. The number of anilines is 1. The number of H-pyrrole nitrogens is 2. The van der Waals surface area contributed by atoms with Crippen molar-refractivity contribution in [2.45, 2.75) is 18.3 Å². The fourth-order valence-electron chi connectivity index (χ4n) is 4.16. The smallest absolute Gasteiger partial charge is 0.131 e. The predicted molar refractivity (Wildman–Crippen MR) is 117 cm³/mol. The van der Waals surface area contributed by atoms with Crippen molar-refractivity contribution < 1.29 is 0 Å². The molecule has 0 bridgehead atoms. The van der Waals surface area contributed by atoms with Crippen molar-refractivity contribution in [3.05, 3.63) is 72.8 Å². The molecule has 1 aromatic carbocycles. The second kappa shape index (κ2) is 7.97. The van der Waals surface area contributed by atoms with Crippen LogP contribution in [-0.2, 0) is 5.41 Å². The molecule has 7 nitrogen and oxygen atoms in total. The number of benzene rings is 1. The number of rotatable bonds is 6. The number of amidine groups is 1. The van der Waals surface area contributed by atoms with Gasteiger partial charge in [0.05, 0.1) is 11.8 Å². The number of aromatic amines is 2. The molecule has 1 aliphatic heterocycles. The minimum atomic E-state index is -0.0726. The quantitative estimate of drug-likeness (QED) is 0.329. The third-order valence-electron chi connectivity index (χ3n) is 5.98.